The average molecular weight is 375 g/mol. The normalized spacial score (nSPS) is 21.3. The number of carbonyl (C=O) groups excluding carboxylic acids is 1. The molecule has 6 nitrogen and oxygen atoms in total. The van der Waals surface area contributed by atoms with Gasteiger partial charge in [0.2, 0.25) is 0 Å². The van der Waals surface area contributed by atoms with Crippen molar-refractivity contribution in [2.24, 2.45) is 13.0 Å². The number of aromatic nitrogens is 2. The van der Waals surface area contributed by atoms with E-state index in [9.17, 15) is 4.79 Å². The molecule has 1 spiro atoms. The number of amides is 1. The number of nitrogens with zero attached hydrogens (tertiary/aromatic N) is 3. The van der Waals surface area contributed by atoms with E-state index < -0.39 is 0 Å². The fourth-order valence-electron chi connectivity index (χ4n) is 4.01. The fourth-order valence-corrected chi connectivity index (χ4v) is 4.61. The van der Waals surface area contributed by atoms with E-state index in [4.69, 9.17) is 9.47 Å². The number of rotatable bonds is 6. The smallest absolute Gasteiger partial charge is 0.270 e. The van der Waals surface area contributed by atoms with Crippen LogP contribution in [0.4, 0.5) is 0 Å². The molecule has 2 aromatic rings. The molecular weight excluding hydrogens is 350 g/mol. The van der Waals surface area contributed by atoms with Crippen LogP contribution >= 0.6 is 11.3 Å². The van der Waals surface area contributed by atoms with Crippen molar-refractivity contribution < 1.29 is 14.3 Å². The van der Waals surface area contributed by atoms with Crippen LogP contribution < -0.4 is 0 Å². The average Bonchev–Trinajstić information content (AvgIpc) is 3.29. The minimum Gasteiger partial charge on any atom is -0.375 e. The highest BCUT2D eigenvalue weighted by Crippen LogP contribution is 2.42. The second kappa shape index (κ2) is 7.13. The molecule has 1 unspecified atom stereocenters. The third kappa shape index (κ3) is 3.31. The lowest BCUT2D eigenvalue weighted by molar-refractivity contribution is -0.121. The van der Waals surface area contributed by atoms with Crippen molar-refractivity contribution in [3.05, 3.63) is 40.1 Å². The summed E-state index contributed by atoms with van der Waals surface area (Å²) < 4.78 is 13.7. The molecule has 2 saturated heterocycles. The van der Waals surface area contributed by atoms with E-state index in [1.54, 1.807) is 11.3 Å². The first-order valence-corrected chi connectivity index (χ1v) is 9.99. The van der Waals surface area contributed by atoms with Gasteiger partial charge < -0.3 is 18.9 Å². The molecule has 0 aliphatic carbocycles. The van der Waals surface area contributed by atoms with Crippen LogP contribution in [-0.2, 0) is 23.1 Å². The molecule has 26 heavy (non-hydrogen) atoms. The number of hydrogen-bond donors (Lipinski definition) is 0. The Kier molecular flexibility index (Phi) is 4.86. The van der Waals surface area contributed by atoms with E-state index in [0.717, 1.165) is 35.8 Å². The molecular formula is C19H25N3O3S. The molecule has 2 aliphatic rings. The van der Waals surface area contributed by atoms with E-state index in [0.29, 0.717) is 32.2 Å². The maximum atomic E-state index is 12.6. The summed E-state index contributed by atoms with van der Waals surface area (Å²) in [6.45, 7) is 5.44. The number of hydrogen-bond acceptors (Lipinski definition) is 5. The number of thiazole rings is 1. The molecule has 4 heterocycles. The van der Waals surface area contributed by atoms with Gasteiger partial charge in [-0.25, -0.2) is 4.98 Å². The molecule has 0 bridgehead atoms. The van der Waals surface area contributed by atoms with Gasteiger partial charge in [-0.3, -0.25) is 4.79 Å². The summed E-state index contributed by atoms with van der Waals surface area (Å²) in [5, 5.41) is 3.12. The van der Waals surface area contributed by atoms with E-state index >= 15 is 0 Å². The molecule has 7 heteroatoms. The molecule has 140 valence electrons. The van der Waals surface area contributed by atoms with Crippen LogP contribution in [0.1, 0.15) is 34.0 Å². The van der Waals surface area contributed by atoms with E-state index in [-0.39, 0.29) is 11.5 Å². The minimum absolute atomic E-state index is 0.0903. The van der Waals surface area contributed by atoms with E-state index in [2.05, 4.69) is 10.4 Å². The van der Waals surface area contributed by atoms with Crippen LogP contribution in [0.2, 0.25) is 0 Å². The predicted molar refractivity (Wildman–Crippen MR) is 99.2 cm³/mol. The van der Waals surface area contributed by atoms with Crippen LogP contribution in [0.15, 0.2) is 23.7 Å². The van der Waals surface area contributed by atoms with Crippen molar-refractivity contribution in [3.63, 3.8) is 0 Å². The fraction of sp³-hybridized carbons (Fsp3) is 0.579. The van der Waals surface area contributed by atoms with Gasteiger partial charge in [-0.05, 0) is 37.8 Å². The Hall–Kier alpha value is -1.70. The monoisotopic (exact) mass is 375 g/mol. The lowest BCUT2D eigenvalue weighted by atomic mass is 9.79. The van der Waals surface area contributed by atoms with Gasteiger partial charge >= 0.3 is 0 Å². The molecule has 1 atom stereocenters. The van der Waals surface area contributed by atoms with Crippen molar-refractivity contribution in [1.29, 1.82) is 0 Å². The Morgan fingerprint density at radius 3 is 3.04 bits per heavy atom. The Morgan fingerprint density at radius 2 is 2.35 bits per heavy atom. The Labute approximate surface area is 157 Å². The molecule has 0 saturated carbocycles. The van der Waals surface area contributed by atoms with Crippen molar-refractivity contribution in [2.75, 3.05) is 26.3 Å². The molecule has 2 fully saturated rings. The molecule has 2 aliphatic heterocycles. The number of aryl methyl sites for hydroxylation is 2. The second-order valence-electron chi connectivity index (χ2n) is 7.26. The maximum Gasteiger partial charge on any atom is 0.270 e. The lowest BCUT2D eigenvalue weighted by Crippen LogP contribution is -2.66. The number of carbonyl (C=O) groups is 1. The molecule has 2 aromatic heterocycles. The van der Waals surface area contributed by atoms with Gasteiger partial charge in [-0.1, -0.05) is 0 Å². The van der Waals surface area contributed by atoms with Gasteiger partial charge in [-0.15, -0.1) is 11.3 Å². The molecule has 0 aromatic carbocycles. The summed E-state index contributed by atoms with van der Waals surface area (Å²) in [6, 6.07) is 3.77. The third-order valence-corrected chi connectivity index (χ3v) is 6.32. The van der Waals surface area contributed by atoms with Crippen molar-refractivity contribution in [1.82, 2.24) is 14.5 Å². The Morgan fingerprint density at radius 1 is 1.50 bits per heavy atom. The van der Waals surface area contributed by atoms with Gasteiger partial charge in [0.05, 0.1) is 30.4 Å². The van der Waals surface area contributed by atoms with Crippen LogP contribution in [-0.4, -0.2) is 52.3 Å². The van der Waals surface area contributed by atoms with Crippen molar-refractivity contribution >= 4 is 17.2 Å². The third-order valence-electron chi connectivity index (χ3n) is 5.49. The van der Waals surface area contributed by atoms with Crippen LogP contribution in [0, 0.1) is 12.8 Å². The topological polar surface area (TPSA) is 56.6 Å². The predicted octanol–water partition coefficient (Wildman–Crippen LogP) is 2.63. The largest absolute Gasteiger partial charge is 0.375 e. The summed E-state index contributed by atoms with van der Waals surface area (Å²) >= 11 is 1.65. The second-order valence-corrected chi connectivity index (χ2v) is 8.33. The van der Waals surface area contributed by atoms with Crippen molar-refractivity contribution in [2.45, 2.75) is 32.0 Å². The SMILES string of the molecule is Cc1nc(COCCC2CCOC23CN(C(=O)c2cccn2C)C3)cs1. The zero-order valence-corrected chi connectivity index (χ0v) is 16.1. The zero-order chi connectivity index (χ0) is 18.1. The molecule has 0 radical (unpaired) electrons. The summed E-state index contributed by atoms with van der Waals surface area (Å²) in [6.07, 6.45) is 3.92. The van der Waals surface area contributed by atoms with Crippen LogP contribution in [0.3, 0.4) is 0 Å². The van der Waals surface area contributed by atoms with Gasteiger partial charge in [0, 0.05) is 31.8 Å². The quantitative estimate of drug-likeness (QED) is 0.729. The highest BCUT2D eigenvalue weighted by molar-refractivity contribution is 7.09. The summed E-state index contributed by atoms with van der Waals surface area (Å²) in [5.74, 6) is 0.546. The van der Waals surface area contributed by atoms with Gasteiger partial charge in [0.15, 0.2) is 0 Å². The maximum absolute atomic E-state index is 12.6. The van der Waals surface area contributed by atoms with Gasteiger partial charge in [-0.2, -0.15) is 0 Å². The highest BCUT2D eigenvalue weighted by Gasteiger charge is 2.54. The van der Waals surface area contributed by atoms with E-state index in [1.807, 2.05) is 41.8 Å². The van der Waals surface area contributed by atoms with Gasteiger partial charge in [0.25, 0.3) is 5.91 Å². The first-order valence-electron chi connectivity index (χ1n) is 9.11. The van der Waals surface area contributed by atoms with Crippen LogP contribution in [0.5, 0.6) is 0 Å². The summed E-state index contributed by atoms with van der Waals surface area (Å²) in [4.78, 5) is 18.9. The van der Waals surface area contributed by atoms with Gasteiger partial charge in [0.1, 0.15) is 11.3 Å². The minimum atomic E-state index is -0.165. The number of ether oxygens (including phenoxy) is 2. The van der Waals surface area contributed by atoms with E-state index in [1.165, 1.54) is 0 Å². The zero-order valence-electron chi connectivity index (χ0n) is 15.3. The molecule has 0 N–H and O–H groups in total. The first-order chi connectivity index (χ1) is 12.6. The summed E-state index contributed by atoms with van der Waals surface area (Å²) in [7, 11) is 1.90. The summed E-state index contributed by atoms with van der Waals surface area (Å²) in [5.41, 5.74) is 1.57. The molecule has 1 amide bonds. The standard InChI is InChI=1S/C19H25N3O3S/c1-14-20-16(11-26-14)10-24-8-5-15-6-9-25-19(15)12-22(13-19)18(23)17-4-3-7-21(17)2/h3-4,7,11,15H,5-6,8-10,12-13H2,1-2H3. The van der Waals surface area contributed by atoms with Crippen molar-refractivity contribution in [3.8, 4) is 0 Å². The van der Waals surface area contributed by atoms with Crippen LogP contribution in [0.25, 0.3) is 0 Å². The lowest BCUT2D eigenvalue weighted by Gasteiger charge is -2.50. The Balaban J connectivity index is 1.26. The highest BCUT2D eigenvalue weighted by atomic mass is 32.1. The first kappa shape index (κ1) is 17.7. The number of likely N-dealkylation sites (tertiary alicyclic amines) is 1. The molecule has 4 rings (SSSR count). The Bertz CT molecular complexity index is 779.